The number of rotatable bonds is 13. The van der Waals surface area contributed by atoms with Crippen LogP contribution in [0.4, 0.5) is 0 Å². The first-order chi connectivity index (χ1) is 11.3. The van der Waals surface area contributed by atoms with E-state index < -0.39 is 0 Å². The Morgan fingerprint density at radius 3 is 1.61 bits per heavy atom. The molecule has 0 aliphatic heterocycles. The van der Waals surface area contributed by atoms with Gasteiger partial charge in [-0.3, -0.25) is 9.59 Å². The highest BCUT2D eigenvalue weighted by atomic mass is 16.5. The normalized spacial score (nSPS) is 10.3. The Balaban J connectivity index is 2.71. The highest BCUT2D eigenvalue weighted by Gasteiger charge is 2.11. The van der Waals surface area contributed by atoms with Crippen LogP contribution in [0.1, 0.15) is 79.5 Å². The topological polar surface area (TPSA) is 52.6 Å². The van der Waals surface area contributed by atoms with Gasteiger partial charge in [0, 0.05) is 0 Å². The molecule has 0 aliphatic carbocycles. The molecule has 23 heavy (non-hydrogen) atoms. The Labute approximate surface area is 139 Å². The summed E-state index contributed by atoms with van der Waals surface area (Å²) in [5, 5.41) is 0. The fourth-order valence-electron chi connectivity index (χ4n) is 2.27. The summed E-state index contributed by atoms with van der Waals surface area (Å²) in [7, 11) is 0. The van der Waals surface area contributed by atoms with E-state index in [0.717, 1.165) is 44.7 Å². The molecule has 0 amide bonds. The maximum absolute atomic E-state index is 11.3. The van der Waals surface area contributed by atoms with Crippen LogP contribution in [0.2, 0.25) is 0 Å². The van der Waals surface area contributed by atoms with E-state index >= 15 is 0 Å². The van der Waals surface area contributed by atoms with Crippen LogP contribution in [0.15, 0.2) is 12.1 Å². The largest absolute Gasteiger partial charge is 0.493 e. The van der Waals surface area contributed by atoms with E-state index in [0.29, 0.717) is 35.8 Å². The molecule has 0 saturated carbocycles. The highest BCUT2D eigenvalue weighted by molar-refractivity contribution is 5.87. The lowest BCUT2D eigenvalue weighted by Crippen LogP contribution is -2.04. The van der Waals surface area contributed by atoms with Gasteiger partial charge in [-0.1, -0.05) is 46.0 Å². The molecular weight excluding hydrogens is 292 g/mol. The molecule has 1 aromatic carbocycles. The molecule has 1 rings (SSSR count). The number of hydrogen-bond donors (Lipinski definition) is 0. The van der Waals surface area contributed by atoms with Gasteiger partial charge in [-0.05, 0) is 25.0 Å². The van der Waals surface area contributed by atoms with Gasteiger partial charge in [0.15, 0.2) is 12.6 Å². The van der Waals surface area contributed by atoms with Gasteiger partial charge in [-0.2, -0.15) is 0 Å². The molecule has 0 aliphatic rings. The minimum atomic E-state index is 0.427. The lowest BCUT2D eigenvalue weighted by Gasteiger charge is -2.13. The number of unbranched alkanes of at least 4 members (excludes halogenated alkanes) is 5. The van der Waals surface area contributed by atoms with E-state index in [1.54, 1.807) is 12.1 Å². The molecule has 4 heteroatoms. The van der Waals surface area contributed by atoms with Crippen molar-refractivity contribution in [3.63, 3.8) is 0 Å². The quantitative estimate of drug-likeness (QED) is 0.385. The minimum Gasteiger partial charge on any atom is -0.493 e. The van der Waals surface area contributed by atoms with E-state index in [2.05, 4.69) is 13.8 Å². The van der Waals surface area contributed by atoms with Crippen molar-refractivity contribution in [2.45, 2.75) is 58.8 Å². The summed E-state index contributed by atoms with van der Waals surface area (Å²) in [4.78, 5) is 22.5. The van der Waals surface area contributed by atoms with Crippen LogP contribution < -0.4 is 9.47 Å². The zero-order chi connectivity index (χ0) is 16.9. The molecular formula is C19H28O4. The van der Waals surface area contributed by atoms with Gasteiger partial charge in [-0.25, -0.2) is 0 Å². The molecule has 0 aromatic heterocycles. The second kappa shape index (κ2) is 11.7. The smallest absolute Gasteiger partial charge is 0.153 e. The summed E-state index contributed by atoms with van der Waals surface area (Å²) in [6.45, 7) is 5.37. The maximum Gasteiger partial charge on any atom is 0.153 e. The third kappa shape index (κ3) is 6.85. The summed E-state index contributed by atoms with van der Waals surface area (Å²) >= 11 is 0. The van der Waals surface area contributed by atoms with Crippen LogP contribution >= 0.6 is 0 Å². The molecule has 0 saturated heterocycles. The number of hydrogen-bond acceptors (Lipinski definition) is 4. The first-order valence-electron chi connectivity index (χ1n) is 8.60. The zero-order valence-electron chi connectivity index (χ0n) is 14.3. The Kier molecular flexibility index (Phi) is 9.76. The fraction of sp³-hybridized carbons (Fsp3) is 0.579. The van der Waals surface area contributed by atoms with Crippen molar-refractivity contribution in [1.29, 1.82) is 0 Å². The molecule has 0 atom stereocenters. The summed E-state index contributed by atoms with van der Waals surface area (Å²) in [5.74, 6) is 0.913. The van der Waals surface area contributed by atoms with E-state index in [-0.39, 0.29) is 0 Å². The molecule has 128 valence electrons. The average Bonchev–Trinajstić information content (AvgIpc) is 2.58. The van der Waals surface area contributed by atoms with Gasteiger partial charge in [0.05, 0.1) is 24.3 Å². The second-order valence-electron chi connectivity index (χ2n) is 5.63. The Hall–Kier alpha value is -1.84. The predicted octanol–water partition coefficient (Wildman–Crippen LogP) is 4.84. The Morgan fingerprint density at radius 2 is 1.17 bits per heavy atom. The first-order valence-corrected chi connectivity index (χ1v) is 8.60. The molecule has 0 spiro atoms. The number of benzene rings is 1. The number of carbonyl (C=O) groups excluding carboxylic acids is 2. The van der Waals surface area contributed by atoms with E-state index in [1.807, 2.05) is 0 Å². The van der Waals surface area contributed by atoms with Crippen molar-refractivity contribution >= 4 is 12.6 Å². The Bertz CT molecular complexity index is 483. The van der Waals surface area contributed by atoms with Crippen molar-refractivity contribution in [1.82, 2.24) is 0 Å². The monoisotopic (exact) mass is 320 g/mol. The standard InChI is InChI=1S/C19H28O4/c1-3-5-7-9-11-23-19-13-16(14-20)18(12-17(19)15-21)22-10-8-6-4-2/h12-15H,3-11H2,1-2H3. The average molecular weight is 320 g/mol. The van der Waals surface area contributed by atoms with Crippen LogP contribution in [-0.4, -0.2) is 25.8 Å². The zero-order valence-corrected chi connectivity index (χ0v) is 14.3. The summed E-state index contributed by atoms with van der Waals surface area (Å²) in [6.07, 6.45) is 8.99. The Morgan fingerprint density at radius 1 is 0.739 bits per heavy atom. The van der Waals surface area contributed by atoms with Crippen LogP contribution in [0.25, 0.3) is 0 Å². The summed E-state index contributed by atoms with van der Waals surface area (Å²) < 4.78 is 11.3. The lowest BCUT2D eigenvalue weighted by molar-refractivity contribution is 0.110. The van der Waals surface area contributed by atoms with Gasteiger partial charge in [0.2, 0.25) is 0 Å². The molecule has 0 N–H and O–H groups in total. The third-order valence-corrected chi connectivity index (χ3v) is 3.66. The van der Waals surface area contributed by atoms with Crippen LogP contribution in [0, 0.1) is 0 Å². The number of ether oxygens (including phenoxy) is 2. The van der Waals surface area contributed by atoms with Gasteiger partial charge < -0.3 is 9.47 Å². The van der Waals surface area contributed by atoms with Gasteiger partial charge in [0.25, 0.3) is 0 Å². The van der Waals surface area contributed by atoms with Gasteiger partial charge >= 0.3 is 0 Å². The second-order valence-corrected chi connectivity index (χ2v) is 5.63. The van der Waals surface area contributed by atoms with Crippen molar-refractivity contribution < 1.29 is 19.1 Å². The highest BCUT2D eigenvalue weighted by Crippen LogP contribution is 2.27. The van der Waals surface area contributed by atoms with Crippen LogP contribution in [0.3, 0.4) is 0 Å². The van der Waals surface area contributed by atoms with Gasteiger partial charge in [0.1, 0.15) is 11.5 Å². The molecule has 0 radical (unpaired) electrons. The number of carbonyl (C=O) groups is 2. The predicted molar refractivity (Wildman–Crippen MR) is 91.9 cm³/mol. The maximum atomic E-state index is 11.3. The molecule has 0 bridgehead atoms. The fourth-order valence-corrected chi connectivity index (χ4v) is 2.27. The lowest BCUT2D eigenvalue weighted by atomic mass is 10.1. The molecule has 0 unspecified atom stereocenters. The molecule has 0 heterocycles. The van der Waals surface area contributed by atoms with E-state index in [1.165, 1.54) is 12.8 Å². The minimum absolute atomic E-state index is 0.427. The van der Waals surface area contributed by atoms with Crippen LogP contribution in [-0.2, 0) is 0 Å². The molecule has 1 aromatic rings. The first kappa shape index (κ1) is 19.2. The van der Waals surface area contributed by atoms with Crippen molar-refractivity contribution in [3.05, 3.63) is 23.3 Å². The summed E-state index contributed by atoms with van der Waals surface area (Å²) in [6, 6.07) is 3.20. The SMILES string of the molecule is CCCCCCOc1cc(C=O)c(OCCCCC)cc1C=O. The molecule has 4 nitrogen and oxygen atoms in total. The van der Waals surface area contributed by atoms with Gasteiger partial charge in [-0.15, -0.1) is 0 Å². The van der Waals surface area contributed by atoms with Crippen LogP contribution in [0.5, 0.6) is 11.5 Å². The summed E-state index contributed by atoms with van der Waals surface area (Å²) in [5.41, 5.74) is 0.854. The third-order valence-electron chi connectivity index (χ3n) is 3.66. The van der Waals surface area contributed by atoms with E-state index in [9.17, 15) is 9.59 Å². The van der Waals surface area contributed by atoms with E-state index in [4.69, 9.17) is 9.47 Å². The van der Waals surface area contributed by atoms with Crippen molar-refractivity contribution in [2.75, 3.05) is 13.2 Å². The molecule has 0 fully saturated rings. The van der Waals surface area contributed by atoms with Crippen molar-refractivity contribution in [3.8, 4) is 11.5 Å². The number of aldehydes is 2. The van der Waals surface area contributed by atoms with Crippen molar-refractivity contribution in [2.24, 2.45) is 0 Å².